The van der Waals surface area contributed by atoms with Crippen LogP contribution in [0.2, 0.25) is 0 Å². The predicted octanol–water partition coefficient (Wildman–Crippen LogP) is 3.15. The summed E-state index contributed by atoms with van der Waals surface area (Å²) in [5.74, 6) is 0.568. The van der Waals surface area contributed by atoms with Crippen LogP contribution in [0.4, 0.5) is 0 Å². The molecule has 22 heavy (non-hydrogen) atoms. The quantitative estimate of drug-likeness (QED) is 0.798. The third kappa shape index (κ3) is 3.93. The number of methoxy groups -OCH3 is 1. The Labute approximate surface area is 130 Å². The molecule has 4 nitrogen and oxygen atoms in total. The summed E-state index contributed by atoms with van der Waals surface area (Å²) < 4.78 is 11.1. The Morgan fingerprint density at radius 1 is 1.18 bits per heavy atom. The first kappa shape index (κ1) is 16.2. The van der Waals surface area contributed by atoms with Crippen molar-refractivity contribution in [1.82, 2.24) is 0 Å². The molecule has 0 amide bonds. The molecule has 0 unspecified atom stereocenters. The molecule has 0 fully saturated rings. The molecular weight excluding hydrogens is 280 g/mol. The zero-order chi connectivity index (χ0) is 15.9. The first-order valence-corrected chi connectivity index (χ1v) is 7.11. The number of aliphatic hydroxyl groups is 1. The fourth-order valence-electron chi connectivity index (χ4n) is 2.19. The normalized spacial score (nSPS) is 12.0. The summed E-state index contributed by atoms with van der Waals surface area (Å²) in [6.07, 6.45) is -0.523. The molecule has 116 valence electrons. The molecule has 0 aliphatic rings. The lowest BCUT2D eigenvalue weighted by molar-refractivity contribution is 0.0460. The third-order valence-electron chi connectivity index (χ3n) is 3.45. The number of ether oxygens (including phenoxy) is 2. The van der Waals surface area contributed by atoms with Crippen LogP contribution < -0.4 is 4.74 Å². The number of rotatable bonds is 7. The Morgan fingerprint density at radius 3 is 2.50 bits per heavy atom. The molecule has 2 aromatic rings. The molecule has 0 radical (unpaired) electrons. The van der Waals surface area contributed by atoms with Crippen LogP contribution in [-0.4, -0.2) is 24.6 Å². The van der Waals surface area contributed by atoms with E-state index in [0.29, 0.717) is 23.5 Å². The summed E-state index contributed by atoms with van der Waals surface area (Å²) in [5, 5.41) is 9.45. The Hall–Kier alpha value is -2.17. The van der Waals surface area contributed by atoms with E-state index in [0.717, 1.165) is 5.56 Å². The maximum Gasteiger partial charge on any atom is 0.159 e. The lowest BCUT2D eigenvalue weighted by Gasteiger charge is -2.18. The third-order valence-corrected chi connectivity index (χ3v) is 3.45. The molecule has 0 saturated heterocycles. The monoisotopic (exact) mass is 300 g/mol. The summed E-state index contributed by atoms with van der Waals surface area (Å²) >= 11 is 0. The van der Waals surface area contributed by atoms with Gasteiger partial charge >= 0.3 is 0 Å². The van der Waals surface area contributed by atoms with Gasteiger partial charge in [-0.2, -0.15) is 0 Å². The summed E-state index contributed by atoms with van der Waals surface area (Å²) in [6, 6.07) is 15.0. The maximum absolute atomic E-state index is 11.5. The van der Waals surface area contributed by atoms with Gasteiger partial charge in [0, 0.05) is 18.2 Å². The van der Waals surface area contributed by atoms with Crippen molar-refractivity contribution in [3.63, 3.8) is 0 Å². The van der Waals surface area contributed by atoms with Gasteiger partial charge in [-0.15, -0.1) is 0 Å². The van der Waals surface area contributed by atoms with Crippen molar-refractivity contribution in [2.75, 3.05) is 13.7 Å². The summed E-state index contributed by atoms with van der Waals surface area (Å²) in [4.78, 5) is 11.5. The molecule has 2 rings (SSSR count). The average molecular weight is 300 g/mol. The van der Waals surface area contributed by atoms with Crippen LogP contribution in [0.25, 0.3) is 0 Å². The molecule has 0 aliphatic carbocycles. The highest BCUT2D eigenvalue weighted by molar-refractivity contribution is 5.94. The molecule has 0 spiro atoms. The molecule has 0 heterocycles. The van der Waals surface area contributed by atoms with E-state index in [1.54, 1.807) is 18.2 Å². The molecule has 0 aliphatic heterocycles. The smallest absolute Gasteiger partial charge is 0.159 e. The number of hydrogen-bond donors (Lipinski definition) is 1. The Kier molecular flexibility index (Phi) is 5.69. The lowest BCUT2D eigenvalue weighted by atomic mass is 10.0. The van der Waals surface area contributed by atoms with Crippen molar-refractivity contribution in [2.24, 2.45) is 0 Å². The number of aliphatic hydroxyl groups excluding tert-OH is 1. The SMILES string of the molecule is CO[C@@H](CO)c1cc(C(C)=O)ccc1OCc1ccccc1. The Morgan fingerprint density at radius 2 is 1.91 bits per heavy atom. The first-order valence-electron chi connectivity index (χ1n) is 7.11. The van der Waals surface area contributed by atoms with E-state index in [4.69, 9.17) is 9.47 Å². The number of hydrogen-bond acceptors (Lipinski definition) is 4. The molecular formula is C18H20O4. The van der Waals surface area contributed by atoms with Crippen LogP contribution in [0.1, 0.15) is 34.5 Å². The van der Waals surface area contributed by atoms with E-state index in [2.05, 4.69) is 0 Å². The first-order chi connectivity index (χ1) is 10.7. The van der Waals surface area contributed by atoms with Gasteiger partial charge in [-0.25, -0.2) is 0 Å². The highest BCUT2D eigenvalue weighted by Gasteiger charge is 2.17. The molecule has 0 saturated carbocycles. The Bertz CT molecular complexity index is 618. The summed E-state index contributed by atoms with van der Waals surface area (Å²) in [6.45, 7) is 1.74. The minimum atomic E-state index is -0.523. The van der Waals surface area contributed by atoms with Crippen molar-refractivity contribution >= 4 is 5.78 Å². The van der Waals surface area contributed by atoms with Crippen LogP contribution in [0.15, 0.2) is 48.5 Å². The minimum absolute atomic E-state index is 0.0383. The van der Waals surface area contributed by atoms with Crippen LogP contribution in [0.5, 0.6) is 5.75 Å². The number of Topliss-reactive ketones (excluding diaryl/α,β-unsaturated/α-hetero) is 1. The Balaban J connectivity index is 2.27. The van der Waals surface area contributed by atoms with Gasteiger partial charge in [0.1, 0.15) is 18.5 Å². The fourth-order valence-corrected chi connectivity index (χ4v) is 2.19. The second kappa shape index (κ2) is 7.73. The lowest BCUT2D eigenvalue weighted by Crippen LogP contribution is -2.10. The predicted molar refractivity (Wildman–Crippen MR) is 84.1 cm³/mol. The van der Waals surface area contributed by atoms with Gasteiger partial charge in [-0.1, -0.05) is 30.3 Å². The molecule has 4 heteroatoms. The van der Waals surface area contributed by atoms with Gasteiger partial charge in [0.25, 0.3) is 0 Å². The van der Waals surface area contributed by atoms with E-state index in [9.17, 15) is 9.90 Å². The van der Waals surface area contributed by atoms with Crippen LogP contribution >= 0.6 is 0 Å². The second-order valence-corrected chi connectivity index (χ2v) is 4.99. The average Bonchev–Trinajstić information content (AvgIpc) is 2.55. The van der Waals surface area contributed by atoms with Gasteiger partial charge < -0.3 is 14.6 Å². The number of carbonyl (C=O) groups is 1. The van der Waals surface area contributed by atoms with E-state index in [1.807, 2.05) is 30.3 Å². The second-order valence-electron chi connectivity index (χ2n) is 4.99. The van der Waals surface area contributed by atoms with Crippen molar-refractivity contribution in [3.05, 3.63) is 65.2 Å². The van der Waals surface area contributed by atoms with Gasteiger partial charge in [0.05, 0.1) is 6.61 Å². The number of ketones is 1. The van der Waals surface area contributed by atoms with E-state index in [-0.39, 0.29) is 12.4 Å². The van der Waals surface area contributed by atoms with Crippen molar-refractivity contribution in [2.45, 2.75) is 19.6 Å². The largest absolute Gasteiger partial charge is 0.489 e. The fraction of sp³-hybridized carbons (Fsp3) is 0.278. The van der Waals surface area contributed by atoms with Crippen molar-refractivity contribution in [3.8, 4) is 5.75 Å². The van der Waals surface area contributed by atoms with Gasteiger partial charge in [0.2, 0.25) is 0 Å². The molecule has 0 aromatic heterocycles. The standard InChI is InChI=1S/C18H20O4/c1-13(20)15-8-9-17(16(10-15)18(11-19)21-2)22-12-14-6-4-3-5-7-14/h3-10,18-19H,11-12H2,1-2H3/t18-/m0/s1. The number of benzene rings is 2. The van der Waals surface area contributed by atoms with E-state index in [1.165, 1.54) is 14.0 Å². The molecule has 2 aromatic carbocycles. The zero-order valence-electron chi connectivity index (χ0n) is 12.8. The zero-order valence-corrected chi connectivity index (χ0v) is 12.8. The van der Waals surface area contributed by atoms with Gasteiger partial charge in [0.15, 0.2) is 5.78 Å². The maximum atomic E-state index is 11.5. The number of carbonyl (C=O) groups excluding carboxylic acids is 1. The highest BCUT2D eigenvalue weighted by atomic mass is 16.5. The van der Waals surface area contributed by atoms with Gasteiger partial charge in [-0.05, 0) is 30.7 Å². The van der Waals surface area contributed by atoms with E-state index < -0.39 is 6.10 Å². The van der Waals surface area contributed by atoms with Crippen molar-refractivity contribution < 1.29 is 19.4 Å². The van der Waals surface area contributed by atoms with E-state index >= 15 is 0 Å². The molecule has 1 N–H and O–H groups in total. The van der Waals surface area contributed by atoms with Crippen LogP contribution in [0, 0.1) is 0 Å². The summed E-state index contributed by atoms with van der Waals surface area (Å²) in [5.41, 5.74) is 2.29. The van der Waals surface area contributed by atoms with Crippen LogP contribution in [-0.2, 0) is 11.3 Å². The topological polar surface area (TPSA) is 55.8 Å². The van der Waals surface area contributed by atoms with Gasteiger partial charge in [-0.3, -0.25) is 4.79 Å². The van der Waals surface area contributed by atoms with Crippen molar-refractivity contribution in [1.29, 1.82) is 0 Å². The minimum Gasteiger partial charge on any atom is -0.489 e. The van der Waals surface area contributed by atoms with Crippen LogP contribution in [0.3, 0.4) is 0 Å². The highest BCUT2D eigenvalue weighted by Crippen LogP contribution is 2.29. The molecule has 0 bridgehead atoms. The molecule has 1 atom stereocenters. The summed E-state index contributed by atoms with van der Waals surface area (Å²) in [7, 11) is 1.52.